The third-order valence-corrected chi connectivity index (χ3v) is 4.10. The second-order valence-electron chi connectivity index (χ2n) is 5.33. The molecule has 0 bridgehead atoms. The van der Waals surface area contributed by atoms with E-state index < -0.39 is 17.7 Å². The zero-order valence-corrected chi connectivity index (χ0v) is 11.0. The van der Waals surface area contributed by atoms with Gasteiger partial charge in [-0.1, -0.05) is 36.4 Å². The average molecular weight is 274 g/mol. The van der Waals surface area contributed by atoms with E-state index in [1.165, 1.54) is 17.7 Å². The first kappa shape index (κ1) is 13.3. The summed E-state index contributed by atoms with van der Waals surface area (Å²) in [6.45, 7) is 0. The zero-order valence-electron chi connectivity index (χ0n) is 11.0. The minimum Gasteiger partial charge on any atom is -0.392 e. The normalized spacial score (nSPS) is 18.9. The quantitative estimate of drug-likeness (QED) is 0.906. The van der Waals surface area contributed by atoms with Crippen molar-refractivity contribution in [2.24, 2.45) is 0 Å². The van der Waals surface area contributed by atoms with Gasteiger partial charge in [0, 0.05) is 12.3 Å². The Kier molecular flexibility index (Phi) is 3.53. The lowest BCUT2D eigenvalue weighted by Gasteiger charge is -2.19. The molecule has 0 saturated carbocycles. The van der Waals surface area contributed by atoms with Gasteiger partial charge < -0.3 is 5.11 Å². The maximum Gasteiger partial charge on any atom is 0.162 e. The molecule has 3 rings (SSSR count). The van der Waals surface area contributed by atoms with Crippen LogP contribution in [0.4, 0.5) is 8.78 Å². The molecule has 1 N–H and O–H groups in total. The van der Waals surface area contributed by atoms with Gasteiger partial charge in [-0.2, -0.15) is 0 Å². The van der Waals surface area contributed by atoms with Gasteiger partial charge >= 0.3 is 0 Å². The summed E-state index contributed by atoms with van der Waals surface area (Å²) in [7, 11) is 0. The molecule has 1 aliphatic rings. The van der Waals surface area contributed by atoms with Crippen molar-refractivity contribution in [1.82, 2.24) is 0 Å². The summed E-state index contributed by atoms with van der Waals surface area (Å²) in [5.74, 6) is -1.70. The molecule has 2 aromatic rings. The fourth-order valence-corrected chi connectivity index (χ4v) is 3.06. The first-order valence-electron chi connectivity index (χ1n) is 6.85. The van der Waals surface area contributed by atoms with Crippen molar-refractivity contribution in [3.8, 4) is 0 Å². The number of benzene rings is 2. The molecular weight excluding hydrogens is 258 g/mol. The molecule has 0 amide bonds. The molecule has 3 heteroatoms. The van der Waals surface area contributed by atoms with E-state index in [9.17, 15) is 13.9 Å². The van der Waals surface area contributed by atoms with Gasteiger partial charge in [0.25, 0.3) is 0 Å². The molecule has 0 aromatic heterocycles. The highest BCUT2D eigenvalue weighted by molar-refractivity contribution is 5.36. The molecule has 2 unspecified atom stereocenters. The third kappa shape index (κ3) is 2.34. The summed E-state index contributed by atoms with van der Waals surface area (Å²) < 4.78 is 26.8. The summed E-state index contributed by atoms with van der Waals surface area (Å²) in [5.41, 5.74) is 2.62. The predicted octanol–water partition coefficient (Wildman–Crippen LogP) is 3.60. The van der Waals surface area contributed by atoms with Gasteiger partial charge in [0.1, 0.15) is 0 Å². The summed E-state index contributed by atoms with van der Waals surface area (Å²) in [6, 6.07) is 12.1. The third-order valence-electron chi connectivity index (χ3n) is 4.10. The van der Waals surface area contributed by atoms with Crippen LogP contribution in [-0.2, 0) is 12.8 Å². The van der Waals surface area contributed by atoms with Crippen LogP contribution in [0, 0.1) is 11.6 Å². The number of rotatable bonds is 3. The topological polar surface area (TPSA) is 20.2 Å². The van der Waals surface area contributed by atoms with E-state index in [1.807, 2.05) is 18.2 Å². The van der Waals surface area contributed by atoms with Crippen molar-refractivity contribution >= 4 is 0 Å². The average Bonchev–Trinajstić information content (AvgIpc) is 2.88. The summed E-state index contributed by atoms with van der Waals surface area (Å²) in [4.78, 5) is 0. The molecule has 2 atom stereocenters. The standard InChI is InChI=1S/C17H16F2O/c18-15-7-3-5-12(17(15)19)10-16(20)14-9-8-11-4-1-2-6-13(11)14/h1-7,14,16,20H,8-10H2. The van der Waals surface area contributed by atoms with Crippen LogP contribution in [0.2, 0.25) is 0 Å². The lowest BCUT2D eigenvalue weighted by Crippen LogP contribution is -2.20. The SMILES string of the molecule is OC(Cc1cccc(F)c1F)C1CCc2ccccc21. The number of aryl methyl sites for hydroxylation is 1. The highest BCUT2D eigenvalue weighted by Gasteiger charge is 2.29. The van der Waals surface area contributed by atoms with Crippen LogP contribution >= 0.6 is 0 Å². The largest absolute Gasteiger partial charge is 0.392 e. The molecule has 0 radical (unpaired) electrons. The minimum absolute atomic E-state index is 0.00821. The van der Waals surface area contributed by atoms with Crippen molar-refractivity contribution in [2.75, 3.05) is 0 Å². The van der Waals surface area contributed by atoms with Crippen LogP contribution < -0.4 is 0 Å². The van der Waals surface area contributed by atoms with E-state index >= 15 is 0 Å². The molecular formula is C17H16F2O. The number of hydrogen-bond donors (Lipinski definition) is 1. The predicted molar refractivity (Wildman–Crippen MR) is 73.6 cm³/mol. The van der Waals surface area contributed by atoms with E-state index in [0.717, 1.165) is 24.5 Å². The molecule has 1 aliphatic carbocycles. The van der Waals surface area contributed by atoms with Gasteiger partial charge in [0.2, 0.25) is 0 Å². The maximum absolute atomic E-state index is 13.7. The van der Waals surface area contributed by atoms with Gasteiger partial charge in [-0.15, -0.1) is 0 Å². The van der Waals surface area contributed by atoms with Gasteiger partial charge in [0.05, 0.1) is 6.10 Å². The molecule has 20 heavy (non-hydrogen) atoms. The van der Waals surface area contributed by atoms with Crippen molar-refractivity contribution < 1.29 is 13.9 Å². The van der Waals surface area contributed by atoms with Gasteiger partial charge in [-0.25, -0.2) is 8.78 Å². The van der Waals surface area contributed by atoms with Crippen molar-refractivity contribution in [3.63, 3.8) is 0 Å². The van der Waals surface area contributed by atoms with Crippen LogP contribution in [0.25, 0.3) is 0 Å². The van der Waals surface area contributed by atoms with E-state index in [4.69, 9.17) is 0 Å². The number of aliphatic hydroxyl groups excluding tert-OH is 1. The second-order valence-corrected chi connectivity index (χ2v) is 5.33. The summed E-state index contributed by atoms with van der Waals surface area (Å²) in [6.07, 6.45) is 1.25. The Bertz CT molecular complexity index is 624. The summed E-state index contributed by atoms with van der Waals surface area (Å²) >= 11 is 0. The number of halogens is 2. The van der Waals surface area contributed by atoms with Gasteiger partial charge in [-0.05, 0) is 35.6 Å². The Morgan fingerprint density at radius 2 is 1.90 bits per heavy atom. The van der Waals surface area contributed by atoms with Crippen molar-refractivity contribution in [3.05, 3.63) is 70.8 Å². The molecule has 0 spiro atoms. The van der Waals surface area contributed by atoms with E-state index in [0.29, 0.717) is 0 Å². The van der Waals surface area contributed by atoms with Gasteiger partial charge in [-0.3, -0.25) is 0 Å². The lowest BCUT2D eigenvalue weighted by atomic mass is 9.91. The molecule has 104 valence electrons. The Hall–Kier alpha value is -1.74. The number of fused-ring (bicyclic) bond motifs is 1. The number of hydrogen-bond acceptors (Lipinski definition) is 1. The second kappa shape index (κ2) is 5.33. The molecule has 2 aromatic carbocycles. The fraction of sp³-hybridized carbons (Fsp3) is 0.294. The Labute approximate surface area is 116 Å². The number of aliphatic hydroxyl groups is 1. The zero-order chi connectivity index (χ0) is 14.1. The summed E-state index contributed by atoms with van der Waals surface area (Å²) in [5, 5.41) is 10.4. The monoisotopic (exact) mass is 274 g/mol. The van der Waals surface area contributed by atoms with Crippen LogP contribution in [-0.4, -0.2) is 11.2 Å². The van der Waals surface area contributed by atoms with E-state index in [-0.39, 0.29) is 17.9 Å². The lowest BCUT2D eigenvalue weighted by molar-refractivity contribution is 0.141. The molecule has 0 aliphatic heterocycles. The first-order valence-corrected chi connectivity index (χ1v) is 6.85. The van der Waals surface area contributed by atoms with Crippen LogP contribution in [0.1, 0.15) is 29.0 Å². The van der Waals surface area contributed by atoms with E-state index in [2.05, 4.69) is 6.07 Å². The van der Waals surface area contributed by atoms with Crippen LogP contribution in [0.5, 0.6) is 0 Å². The Morgan fingerprint density at radius 1 is 1.10 bits per heavy atom. The molecule has 1 nitrogen and oxygen atoms in total. The van der Waals surface area contributed by atoms with Crippen LogP contribution in [0.3, 0.4) is 0 Å². The van der Waals surface area contributed by atoms with Crippen LogP contribution in [0.15, 0.2) is 42.5 Å². The van der Waals surface area contributed by atoms with Gasteiger partial charge in [0.15, 0.2) is 11.6 Å². The van der Waals surface area contributed by atoms with E-state index in [1.54, 1.807) is 0 Å². The molecule has 0 heterocycles. The Morgan fingerprint density at radius 3 is 2.75 bits per heavy atom. The smallest absolute Gasteiger partial charge is 0.162 e. The minimum atomic E-state index is -0.860. The van der Waals surface area contributed by atoms with Crippen molar-refractivity contribution in [1.29, 1.82) is 0 Å². The maximum atomic E-state index is 13.7. The highest BCUT2D eigenvalue weighted by Crippen LogP contribution is 2.36. The highest BCUT2D eigenvalue weighted by atomic mass is 19.2. The first-order chi connectivity index (χ1) is 9.66. The van der Waals surface area contributed by atoms with Crippen molar-refractivity contribution in [2.45, 2.75) is 31.3 Å². The molecule has 0 fully saturated rings. The fourth-order valence-electron chi connectivity index (χ4n) is 3.06. The molecule has 0 saturated heterocycles. The Balaban J connectivity index is 1.81.